The molecule has 1 saturated heterocycles. The van der Waals surface area contributed by atoms with Crippen LogP contribution in [0.15, 0.2) is 48.5 Å². The summed E-state index contributed by atoms with van der Waals surface area (Å²) in [7, 11) is 0. The minimum absolute atomic E-state index is 0.111. The predicted octanol–water partition coefficient (Wildman–Crippen LogP) is 3.42. The first-order chi connectivity index (χ1) is 13.2. The van der Waals surface area contributed by atoms with Crippen LogP contribution in [-0.2, 0) is 4.74 Å². The summed E-state index contributed by atoms with van der Waals surface area (Å²) < 4.78 is 5.56. The summed E-state index contributed by atoms with van der Waals surface area (Å²) in [5.74, 6) is 0.731. The summed E-state index contributed by atoms with van der Waals surface area (Å²) in [5, 5.41) is 2.89. The summed E-state index contributed by atoms with van der Waals surface area (Å²) in [6.45, 7) is 4.20. The van der Waals surface area contributed by atoms with Crippen molar-refractivity contribution >= 4 is 6.09 Å². The summed E-state index contributed by atoms with van der Waals surface area (Å²) in [5.41, 5.74) is 11.4. The maximum Gasteiger partial charge on any atom is 0.407 e. The van der Waals surface area contributed by atoms with Gasteiger partial charge in [0.25, 0.3) is 0 Å². The molecule has 2 aromatic rings. The van der Waals surface area contributed by atoms with E-state index in [1.165, 1.54) is 22.3 Å². The number of amides is 1. The molecule has 5 heteroatoms. The van der Waals surface area contributed by atoms with E-state index in [2.05, 4.69) is 59.5 Å². The number of ether oxygens (including phenoxy) is 1. The van der Waals surface area contributed by atoms with E-state index in [0.717, 1.165) is 19.4 Å². The van der Waals surface area contributed by atoms with Gasteiger partial charge in [-0.15, -0.1) is 0 Å². The number of rotatable bonds is 6. The molecule has 1 aliphatic carbocycles. The Morgan fingerprint density at radius 3 is 2.41 bits per heavy atom. The number of carbonyl (C=O) groups is 1. The van der Waals surface area contributed by atoms with Gasteiger partial charge in [-0.25, -0.2) is 4.79 Å². The Kier molecular flexibility index (Phi) is 5.41. The Morgan fingerprint density at radius 2 is 1.78 bits per heavy atom. The molecule has 142 valence electrons. The molecule has 4 rings (SSSR count). The summed E-state index contributed by atoms with van der Waals surface area (Å²) in [6.07, 6.45) is 1.72. The van der Waals surface area contributed by atoms with E-state index in [-0.39, 0.29) is 12.0 Å². The number of benzene rings is 2. The molecular weight excluding hydrogens is 338 g/mol. The van der Waals surface area contributed by atoms with Crippen LogP contribution in [-0.4, -0.2) is 31.8 Å². The molecular formula is C22H27N3O2. The lowest BCUT2D eigenvalue weighted by atomic mass is 9.98. The molecule has 5 nitrogen and oxygen atoms in total. The minimum Gasteiger partial charge on any atom is -0.449 e. The maximum absolute atomic E-state index is 12.1. The maximum atomic E-state index is 12.1. The molecule has 0 bridgehead atoms. The highest BCUT2D eigenvalue weighted by molar-refractivity contribution is 5.79. The standard InChI is InChI=1S/C22H27N3O2/c1-15-16(13-24-25-15)7-6-12-23-22(26)27-14-21-19-10-4-2-8-17(19)18-9-3-5-11-20(18)21/h2-5,8-11,15-16,21,24-25H,6-7,12-14H2,1H3,(H,23,26). The van der Waals surface area contributed by atoms with Crippen molar-refractivity contribution in [1.29, 1.82) is 0 Å². The predicted molar refractivity (Wildman–Crippen MR) is 106 cm³/mol. The van der Waals surface area contributed by atoms with E-state index < -0.39 is 0 Å². The lowest BCUT2D eigenvalue weighted by Gasteiger charge is -2.15. The third kappa shape index (κ3) is 3.84. The van der Waals surface area contributed by atoms with Gasteiger partial charge in [-0.05, 0) is 47.9 Å². The normalized spacial score (nSPS) is 20.9. The average Bonchev–Trinajstić information content (AvgIpc) is 3.25. The van der Waals surface area contributed by atoms with E-state index in [0.29, 0.717) is 25.1 Å². The zero-order valence-corrected chi connectivity index (χ0v) is 15.7. The van der Waals surface area contributed by atoms with Gasteiger partial charge in [0, 0.05) is 25.0 Å². The van der Waals surface area contributed by atoms with Gasteiger partial charge in [-0.1, -0.05) is 48.5 Å². The van der Waals surface area contributed by atoms with E-state index in [9.17, 15) is 4.79 Å². The van der Waals surface area contributed by atoms with Gasteiger partial charge in [-0.2, -0.15) is 0 Å². The molecule has 0 saturated carbocycles. The molecule has 1 fully saturated rings. The number of alkyl carbamates (subject to hydrolysis) is 1. The van der Waals surface area contributed by atoms with Gasteiger partial charge in [0.1, 0.15) is 6.61 Å². The lowest BCUT2D eigenvalue weighted by molar-refractivity contribution is 0.142. The number of hydrogen-bond acceptors (Lipinski definition) is 4. The van der Waals surface area contributed by atoms with Crippen LogP contribution in [0.25, 0.3) is 11.1 Å². The Balaban J connectivity index is 1.28. The van der Waals surface area contributed by atoms with Crippen molar-refractivity contribution in [1.82, 2.24) is 16.2 Å². The first-order valence-electron chi connectivity index (χ1n) is 9.81. The van der Waals surface area contributed by atoms with Crippen LogP contribution in [0, 0.1) is 5.92 Å². The highest BCUT2D eigenvalue weighted by Gasteiger charge is 2.29. The molecule has 27 heavy (non-hydrogen) atoms. The first kappa shape index (κ1) is 18.0. The van der Waals surface area contributed by atoms with Crippen LogP contribution < -0.4 is 16.2 Å². The summed E-state index contributed by atoms with van der Waals surface area (Å²) in [6, 6.07) is 17.2. The van der Waals surface area contributed by atoms with Crippen LogP contribution in [0.4, 0.5) is 4.79 Å². The van der Waals surface area contributed by atoms with Gasteiger partial charge in [0.05, 0.1) is 0 Å². The van der Waals surface area contributed by atoms with Crippen LogP contribution in [0.1, 0.15) is 36.8 Å². The molecule has 3 N–H and O–H groups in total. The first-order valence-corrected chi connectivity index (χ1v) is 9.81. The Hall–Kier alpha value is -2.37. The molecule has 2 aromatic carbocycles. The molecule has 2 aliphatic rings. The number of fused-ring (bicyclic) bond motifs is 3. The second-order valence-electron chi connectivity index (χ2n) is 7.47. The van der Waals surface area contributed by atoms with Gasteiger partial charge < -0.3 is 10.1 Å². The van der Waals surface area contributed by atoms with Gasteiger partial charge in [0.2, 0.25) is 0 Å². The smallest absolute Gasteiger partial charge is 0.407 e. The molecule has 1 amide bonds. The fourth-order valence-electron chi connectivity index (χ4n) is 4.20. The van der Waals surface area contributed by atoms with Crippen LogP contribution in [0.2, 0.25) is 0 Å². The fourth-order valence-corrected chi connectivity index (χ4v) is 4.20. The average molecular weight is 365 g/mol. The lowest BCUT2D eigenvalue weighted by Crippen LogP contribution is -2.29. The number of hydrogen-bond donors (Lipinski definition) is 3. The molecule has 2 atom stereocenters. The molecule has 0 radical (unpaired) electrons. The molecule has 0 spiro atoms. The van der Waals surface area contributed by atoms with E-state index >= 15 is 0 Å². The van der Waals surface area contributed by atoms with Crippen molar-refractivity contribution in [3.8, 4) is 11.1 Å². The van der Waals surface area contributed by atoms with Crippen molar-refractivity contribution in [2.45, 2.75) is 31.7 Å². The van der Waals surface area contributed by atoms with Crippen molar-refractivity contribution in [2.24, 2.45) is 5.92 Å². The summed E-state index contributed by atoms with van der Waals surface area (Å²) >= 11 is 0. The highest BCUT2D eigenvalue weighted by atomic mass is 16.5. The van der Waals surface area contributed by atoms with Crippen LogP contribution in [0.3, 0.4) is 0 Å². The zero-order chi connectivity index (χ0) is 18.6. The largest absolute Gasteiger partial charge is 0.449 e. The molecule has 2 unspecified atom stereocenters. The Morgan fingerprint density at radius 1 is 1.11 bits per heavy atom. The van der Waals surface area contributed by atoms with Gasteiger partial charge in [0.15, 0.2) is 0 Å². The van der Waals surface area contributed by atoms with Gasteiger partial charge >= 0.3 is 6.09 Å². The monoisotopic (exact) mass is 365 g/mol. The number of carbonyl (C=O) groups excluding carboxylic acids is 1. The topological polar surface area (TPSA) is 62.4 Å². The number of hydrazine groups is 1. The van der Waals surface area contributed by atoms with E-state index in [1.54, 1.807) is 0 Å². The van der Waals surface area contributed by atoms with Crippen LogP contribution >= 0.6 is 0 Å². The molecule has 1 aliphatic heterocycles. The Labute approximate surface area is 160 Å². The van der Waals surface area contributed by atoms with Crippen molar-refractivity contribution in [3.05, 3.63) is 59.7 Å². The number of nitrogens with one attached hydrogen (secondary N) is 3. The molecule has 1 heterocycles. The molecule has 0 aromatic heterocycles. The third-order valence-corrected chi connectivity index (χ3v) is 5.77. The van der Waals surface area contributed by atoms with Crippen LogP contribution in [0.5, 0.6) is 0 Å². The fraction of sp³-hybridized carbons (Fsp3) is 0.409. The van der Waals surface area contributed by atoms with E-state index in [4.69, 9.17) is 4.74 Å². The van der Waals surface area contributed by atoms with Crippen molar-refractivity contribution in [3.63, 3.8) is 0 Å². The SMILES string of the molecule is CC1NNCC1CCCNC(=O)OCC1c2ccccc2-c2ccccc21. The second-order valence-corrected chi connectivity index (χ2v) is 7.47. The zero-order valence-electron chi connectivity index (χ0n) is 15.7. The Bertz CT molecular complexity index is 762. The van der Waals surface area contributed by atoms with Crippen molar-refractivity contribution < 1.29 is 9.53 Å². The highest BCUT2D eigenvalue weighted by Crippen LogP contribution is 2.44. The summed E-state index contributed by atoms with van der Waals surface area (Å²) in [4.78, 5) is 12.1. The van der Waals surface area contributed by atoms with E-state index in [1.807, 2.05) is 12.1 Å². The minimum atomic E-state index is -0.326. The second kappa shape index (κ2) is 8.11. The quantitative estimate of drug-likeness (QED) is 0.687. The van der Waals surface area contributed by atoms with Crippen molar-refractivity contribution in [2.75, 3.05) is 19.7 Å². The van der Waals surface area contributed by atoms with Gasteiger partial charge in [-0.3, -0.25) is 10.9 Å². The third-order valence-electron chi connectivity index (χ3n) is 5.77.